The number of aliphatic hydroxyl groups is 2. The van der Waals surface area contributed by atoms with Crippen LogP contribution < -0.4 is 22.1 Å². The number of halogens is 18. The summed E-state index contributed by atoms with van der Waals surface area (Å²) in [6.45, 7) is -2.48. The van der Waals surface area contributed by atoms with Crippen LogP contribution in [-0.2, 0) is 24.7 Å². The molecule has 2 rings (SSSR count). The van der Waals surface area contributed by atoms with Crippen LogP contribution in [0.25, 0.3) is 0 Å². The van der Waals surface area contributed by atoms with Gasteiger partial charge in [0.2, 0.25) is 0 Å². The van der Waals surface area contributed by atoms with Gasteiger partial charge >= 0.3 is 37.1 Å². The third kappa shape index (κ3) is 11.2. The number of nitrogens with zero attached hydrogens (tertiary/aromatic N) is 2. The normalized spacial score (nSPS) is 15.5. The number of carbonyl (C=O) groups excluding carboxylic acids is 2. The summed E-state index contributed by atoms with van der Waals surface area (Å²) in [6.07, 6.45) is -32.6. The van der Waals surface area contributed by atoms with Gasteiger partial charge in [0, 0.05) is 0 Å². The lowest BCUT2D eigenvalue weighted by molar-refractivity contribution is -0.249. The van der Waals surface area contributed by atoms with E-state index in [2.05, 4.69) is 9.97 Å². The van der Waals surface area contributed by atoms with Crippen LogP contribution in [0.3, 0.4) is 0 Å². The summed E-state index contributed by atoms with van der Waals surface area (Å²) in [5, 5.41) is 21.1. The monoisotopic (exact) mass is 798 g/mol. The van der Waals surface area contributed by atoms with Crippen molar-refractivity contribution in [1.29, 1.82) is 0 Å². The third-order valence-corrected chi connectivity index (χ3v) is 6.09. The van der Waals surface area contributed by atoms with Gasteiger partial charge in [-0.2, -0.15) is 79.0 Å². The number of rotatable bonds is 6. The fraction of sp³-hybridized carbons (Fsp3) is 0.500. The van der Waals surface area contributed by atoms with Gasteiger partial charge in [-0.1, -0.05) is 0 Å². The molecule has 0 saturated carbocycles. The number of nitrogen functional groups attached to an aromatic ring is 2. The summed E-state index contributed by atoms with van der Waals surface area (Å²) < 4.78 is 227. The molecule has 0 spiro atoms. The Balaban J connectivity index is 0.000000520. The molecule has 0 unspecified atom stereocenters. The second-order valence-electron chi connectivity index (χ2n) is 10.5. The third-order valence-electron chi connectivity index (χ3n) is 6.09. The molecule has 2 amide bonds. The highest BCUT2D eigenvalue weighted by Gasteiger charge is 2.52. The molecule has 0 aromatic carbocycles. The number of pyridine rings is 2. The Morgan fingerprint density at radius 2 is 0.808 bits per heavy atom. The van der Waals surface area contributed by atoms with E-state index in [0.29, 0.717) is 0 Å². The van der Waals surface area contributed by atoms with E-state index in [1.807, 2.05) is 0 Å². The number of aromatic nitrogens is 2. The average molecular weight is 798 g/mol. The van der Waals surface area contributed by atoms with Crippen molar-refractivity contribution >= 4 is 23.2 Å². The van der Waals surface area contributed by atoms with E-state index in [0.717, 1.165) is 0 Å². The molecule has 0 saturated heterocycles. The summed E-state index contributed by atoms with van der Waals surface area (Å²) >= 11 is 0. The van der Waals surface area contributed by atoms with Crippen molar-refractivity contribution < 1.29 is 98.8 Å². The lowest BCUT2D eigenvalue weighted by atomic mass is 10.1. The van der Waals surface area contributed by atoms with Crippen molar-refractivity contribution in [3.63, 3.8) is 0 Å². The highest BCUT2D eigenvalue weighted by molar-refractivity contribution is 5.98. The van der Waals surface area contributed by atoms with E-state index in [1.165, 1.54) is 10.6 Å². The van der Waals surface area contributed by atoms with Crippen molar-refractivity contribution in [3.8, 4) is 0 Å². The molecule has 2 heterocycles. The maximum atomic E-state index is 12.8. The molecule has 0 radical (unpaired) electrons. The van der Waals surface area contributed by atoms with E-state index in [4.69, 9.17) is 21.7 Å². The highest BCUT2D eigenvalue weighted by atomic mass is 19.4. The topological polar surface area (TPSA) is 176 Å². The standard InChI is InChI=1S/2C12H10F9N3O2/c2*1-9(26,12(19,20)21)3-23-8(25)6-5(22)2-4(10(13,14)15)7(24-6)11(16,17)18/h2*2,26H,3,22H2,1H3,(H,23,25)/t2*9-/m10/s1. The lowest BCUT2D eigenvalue weighted by Crippen LogP contribution is -2.51. The first kappa shape index (κ1) is 45.5. The number of hydrogen-bond acceptors (Lipinski definition) is 8. The molecule has 0 aliphatic heterocycles. The van der Waals surface area contributed by atoms with Crippen LogP contribution in [0, 0.1) is 0 Å². The van der Waals surface area contributed by atoms with Gasteiger partial charge < -0.3 is 32.3 Å². The van der Waals surface area contributed by atoms with Crippen LogP contribution in [0.2, 0.25) is 0 Å². The first-order valence-electron chi connectivity index (χ1n) is 12.8. The van der Waals surface area contributed by atoms with E-state index < -0.39 is 118 Å². The smallest absolute Gasteiger partial charge is 0.397 e. The molecule has 2 aromatic heterocycles. The summed E-state index contributed by atoms with van der Waals surface area (Å²) in [5.41, 5.74) is -11.3. The molecule has 296 valence electrons. The van der Waals surface area contributed by atoms with Crippen LogP contribution in [0.5, 0.6) is 0 Å². The van der Waals surface area contributed by atoms with Gasteiger partial charge in [0.25, 0.3) is 11.8 Å². The Labute approximate surface area is 276 Å². The molecule has 10 nitrogen and oxygen atoms in total. The van der Waals surface area contributed by atoms with Crippen molar-refractivity contribution in [3.05, 3.63) is 46.0 Å². The quantitative estimate of drug-likeness (QED) is 0.208. The summed E-state index contributed by atoms with van der Waals surface area (Å²) in [6, 6.07) is -0.403. The maximum absolute atomic E-state index is 12.8. The minimum atomic E-state index is -5.62. The first-order chi connectivity index (χ1) is 22.8. The zero-order valence-corrected chi connectivity index (χ0v) is 25.1. The molecule has 2 atom stereocenters. The number of anilines is 2. The van der Waals surface area contributed by atoms with Crippen LogP contribution in [-0.4, -0.2) is 68.6 Å². The van der Waals surface area contributed by atoms with Crippen molar-refractivity contribution in [1.82, 2.24) is 20.6 Å². The van der Waals surface area contributed by atoms with Gasteiger partial charge in [-0.05, 0) is 26.0 Å². The zero-order chi connectivity index (χ0) is 41.4. The minimum Gasteiger partial charge on any atom is -0.397 e. The van der Waals surface area contributed by atoms with Gasteiger partial charge in [-0.3, -0.25) is 9.59 Å². The second kappa shape index (κ2) is 14.5. The second-order valence-corrected chi connectivity index (χ2v) is 10.5. The number of hydrogen-bond donors (Lipinski definition) is 6. The van der Waals surface area contributed by atoms with E-state index >= 15 is 0 Å². The minimum absolute atomic E-state index is 0.202. The predicted molar refractivity (Wildman–Crippen MR) is 135 cm³/mol. The molecule has 0 bridgehead atoms. The van der Waals surface area contributed by atoms with Crippen LogP contribution in [0.4, 0.5) is 90.4 Å². The Morgan fingerprint density at radius 3 is 1.00 bits per heavy atom. The number of nitrogens with two attached hydrogens (primary N) is 2. The number of nitrogens with one attached hydrogen (secondary N) is 2. The van der Waals surface area contributed by atoms with Gasteiger partial charge in [0.05, 0.1) is 35.6 Å². The summed E-state index contributed by atoms with van der Waals surface area (Å²) in [7, 11) is 0. The van der Waals surface area contributed by atoms with Crippen LogP contribution >= 0.6 is 0 Å². The fourth-order valence-corrected chi connectivity index (χ4v) is 3.16. The average Bonchev–Trinajstić information content (AvgIpc) is 2.91. The fourth-order valence-electron chi connectivity index (χ4n) is 3.16. The van der Waals surface area contributed by atoms with Crippen molar-refractivity contribution in [2.75, 3.05) is 24.6 Å². The van der Waals surface area contributed by atoms with Gasteiger partial charge in [-0.25, -0.2) is 9.97 Å². The van der Waals surface area contributed by atoms with Crippen LogP contribution in [0.1, 0.15) is 57.3 Å². The molecule has 0 fully saturated rings. The lowest BCUT2D eigenvalue weighted by Gasteiger charge is -2.26. The van der Waals surface area contributed by atoms with Gasteiger partial charge in [0.1, 0.15) is 0 Å². The molecule has 28 heteroatoms. The van der Waals surface area contributed by atoms with Crippen molar-refractivity contribution in [2.24, 2.45) is 0 Å². The predicted octanol–water partition coefficient (Wildman–Crippen LogP) is 5.49. The Bertz CT molecular complexity index is 1510. The molecule has 0 aliphatic rings. The Morgan fingerprint density at radius 1 is 0.558 bits per heavy atom. The SMILES string of the molecule is C[C@@](O)(CNC(=O)c1nc(C(F)(F)F)c(C(F)(F)F)cc1N)C(F)(F)F.C[C@](O)(CNC(=O)c1nc(C(F)(F)F)c(C(F)(F)F)cc1N)C(F)(F)F. The van der Waals surface area contributed by atoms with E-state index in [-0.39, 0.29) is 26.0 Å². The maximum Gasteiger partial charge on any atom is 0.433 e. The number of carbonyl (C=O) groups is 2. The molecule has 2 aromatic rings. The molecule has 8 N–H and O–H groups in total. The first-order valence-corrected chi connectivity index (χ1v) is 12.8. The molecular formula is C24H20F18N6O4. The summed E-state index contributed by atoms with van der Waals surface area (Å²) in [5.74, 6) is -3.46. The molecule has 0 aliphatic carbocycles. The van der Waals surface area contributed by atoms with Crippen LogP contribution in [0.15, 0.2) is 12.1 Å². The summed E-state index contributed by atoms with van der Waals surface area (Å²) in [4.78, 5) is 28.5. The highest BCUT2D eigenvalue weighted by Crippen LogP contribution is 2.42. The molecular weight excluding hydrogens is 778 g/mol. The van der Waals surface area contributed by atoms with Gasteiger partial charge in [0.15, 0.2) is 34.0 Å². The molecule has 52 heavy (non-hydrogen) atoms. The Hall–Kier alpha value is -4.50. The number of alkyl halides is 18. The van der Waals surface area contributed by atoms with E-state index in [1.54, 1.807) is 0 Å². The Kier molecular flexibility index (Phi) is 12.7. The largest absolute Gasteiger partial charge is 0.433 e. The van der Waals surface area contributed by atoms with Gasteiger partial charge in [-0.15, -0.1) is 0 Å². The van der Waals surface area contributed by atoms with E-state index in [9.17, 15) is 88.6 Å². The number of amides is 2. The zero-order valence-electron chi connectivity index (χ0n) is 25.1. The van der Waals surface area contributed by atoms with Crippen molar-refractivity contribution in [2.45, 2.75) is 62.1 Å².